The molecule has 1 aliphatic rings. The molecule has 5 nitrogen and oxygen atoms in total. The molecule has 0 spiro atoms. The third-order valence-corrected chi connectivity index (χ3v) is 3.41. The molecular formula is C13H26N2O3. The molecule has 0 aromatic carbocycles. The number of carbonyl (C=O) groups is 1. The smallest absolute Gasteiger partial charge is 0.230 e. The average Bonchev–Trinajstić information content (AvgIpc) is 2.65. The second-order valence-corrected chi connectivity index (χ2v) is 5.59. The number of nitrogens with two attached hydrogens (primary N) is 1. The highest BCUT2D eigenvalue weighted by atomic mass is 16.5. The molecule has 2 atom stereocenters. The predicted octanol–water partition coefficient (Wildman–Crippen LogP) is 0.529. The molecule has 18 heavy (non-hydrogen) atoms. The Morgan fingerprint density at radius 2 is 2.28 bits per heavy atom. The Bertz CT molecular complexity index is 271. The number of hydrogen-bond acceptors (Lipinski definition) is 4. The highest BCUT2D eigenvalue weighted by Crippen LogP contribution is 2.26. The molecule has 1 aliphatic heterocycles. The Morgan fingerprint density at radius 3 is 2.83 bits per heavy atom. The van der Waals surface area contributed by atoms with Crippen LogP contribution in [0.5, 0.6) is 0 Å². The molecule has 1 heterocycles. The van der Waals surface area contributed by atoms with E-state index in [4.69, 9.17) is 15.2 Å². The lowest BCUT2D eigenvalue weighted by Gasteiger charge is -2.25. The largest absolute Gasteiger partial charge is 0.380 e. The summed E-state index contributed by atoms with van der Waals surface area (Å²) in [4.78, 5) is 12.0. The summed E-state index contributed by atoms with van der Waals surface area (Å²) in [7, 11) is 0. The van der Waals surface area contributed by atoms with Crippen LogP contribution in [-0.2, 0) is 14.3 Å². The molecule has 0 bridgehead atoms. The summed E-state index contributed by atoms with van der Waals surface area (Å²) in [5.74, 6) is 0.604. The van der Waals surface area contributed by atoms with Gasteiger partial charge in [0.15, 0.2) is 0 Å². The van der Waals surface area contributed by atoms with Crippen LogP contribution < -0.4 is 11.1 Å². The molecule has 1 amide bonds. The van der Waals surface area contributed by atoms with Crippen LogP contribution in [0.2, 0.25) is 0 Å². The van der Waals surface area contributed by atoms with Crippen molar-refractivity contribution in [2.75, 3.05) is 33.0 Å². The fourth-order valence-corrected chi connectivity index (χ4v) is 1.78. The van der Waals surface area contributed by atoms with Crippen LogP contribution in [0.1, 0.15) is 27.2 Å². The van der Waals surface area contributed by atoms with Crippen LogP contribution in [0.4, 0.5) is 0 Å². The van der Waals surface area contributed by atoms with E-state index in [1.54, 1.807) is 0 Å². The topological polar surface area (TPSA) is 73.6 Å². The molecule has 1 fully saturated rings. The maximum atomic E-state index is 12.0. The Labute approximate surface area is 109 Å². The Hall–Kier alpha value is -0.650. The van der Waals surface area contributed by atoms with Crippen molar-refractivity contribution in [2.24, 2.45) is 17.1 Å². The van der Waals surface area contributed by atoms with Crippen molar-refractivity contribution in [1.82, 2.24) is 5.32 Å². The molecule has 1 saturated heterocycles. The van der Waals surface area contributed by atoms with Crippen LogP contribution >= 0.6 is 0 Å². The van der Waals surface area contributed by atoms with E-state index in [2.05, 4.69) is 19.2 Å². The van der Waals surface area contributed by atoms with Gasteiger partial charge in [-0.3, -0.25) is 4.79 Å². The molecule has 106 valence electrons. The summed E-state index contributed by atoms with van der Waals surface area (Å²) in [6.07, 6.45) is 1.05. The minimum Gasteiger partial charge on any atom is -0.380 e. The summed E-state index contributed by atoms with van der Waals surface area (Å²) in [6.45, 7) is 8.83. The summed E-state index contributed by atoms with van der Waals surface area (Å²) < 4.78 is 10.7. The molecule has 0 radical (unpaired) electrons. The van der Waals surface area contributed by atoms with Crippen LogP contribution in [0, 0.1) is 11.3 Å². The van der Waals surface area contributed by atoms with Crippen LogP contribution in [0.3, 0.4) is 0 Å². The van der Waals surface area contributed by atoms with Crippen molar-refractivity contribution < 1.29 is 14.3 Å². The number of amides is 1. The molecule has 5 heteroatoms. The lowest BCUT2D eigenvalue weighted by atomic mass is 9.85. The zero-order valence-electron chi connectivity index (χ0n) is 11.7. The average molecular weight is 258 g/mol. The van der Waals surface area contributed by atoms with Crippen molar-refractivity contribution in [2.45, 2.75) is 33.2 Å². The fourth-order valence-electron chi connectivity index (χ4n) is 1.78. The third-order valence-electron chi connectivity index (χ3n) is 3.41. The van der Waals surface area contributed by atoms with Gasteiger partial charge in [0.2, 0.25) is 5.91 Å². The zero-order valence-corrected chi connectivity index (χ0v) is 11.7. The standard InChI is InChI=1S/C13H26N2O3/c1-10(2)4-6-17-7-5-15-12(16)13(3)9-18-8-11(13)14/h10-11H,4-9,14H2,1-3H3,(H,15,16). The molecule has 3 N–H and O–H groups in total. The lowest BCUT2D eigenvalue weighted by Crippen LogP contribution is -2.50. The first kappa shape index (κ1) is 15.4. The predicted molar refractivity (Wildman–Crippen MR) is 70.2 cm³/mol. The van der Waals surface area contributed by atoms with Gasteiger partial charge in [0.1, 0.15) is 0 Å². The number of hydrogen-bond donors (Lipinski definition) is 2. The molecule has 1 rings (SSSR count). The van der Waals surface area contributed by atoms with Gasteiger partial charge >= 0.3 is 0 Å². The lowest BCUT2D eigenvalue weighted by molar-refractivity contribution is -0.130. The number of nitrogens with one attached hydrogen (secondary N) is 1. The van der Waals surface area contributed by atoms with E-state index in [0.29, 0.717) is 32.3 Å². The minimum absolute atomic E-state index is 0.0417. The fraction of sp³-hybridized carbons (Fsp3) is 0.923. The van der Waals surface area contributed by atoms with E-state index >= 15 is 0 Å². The van der Waals surface area contributed by atoms with Crippen LogP contribution in [0.15, 0.2) is 0 Å². The van der Waals surface area contributed by atoms with Crippen molar-refractivity contribution >= 4 is 5.91 Å². The molecular weight excluding hydrogens is 232 g/mol. The Morgan fingerprint density at radius 1 is 1.56 bits per heavy atom. The highest BCUT2D eigenvalue weighted by Gasteiger charge is 2.44. The van der Waals surface area contributed by atoms with Gasteiger partial charge < -0.3 is 20.5 Å². The van der Waals surface area contributed by atoms with Crippen molar-refractivity contribution in [1.29, 1.82) is 0 Å². The molecule has 0 aromatic rings. The van der Waals surface area contributed by atoms with Crippen molar-refractivity contribution in [3.05, 3.63) is 0 Å². The first-order chi connectivity index (χ1) is 8.47. The minimum atomic E-state index is -0.599. The summed E-state index contributed by atoms with van der Waals surface area (Å²) >= 11 is 0. The summed E-state index contributed by atoms with van der Waals surface area (Å²) in [6, 6.07) is -0.223. The van der Waals surface area contributed by atoms with E-state index < -0.39 is 5.41 Å². The van der Waals surface area contributed by atoms with Gasteiger partial charge in [0.25, 0.3) is 0 Å². The van der Waals surface area contributed by atoms with E-state index in [1.807, 2.05) is 6.92 Å². The van der Waals surface area contributed by atoms with Crippen molar-refractivity contribution in [3.63, 3.8) is 0 Å². The maximum absolute atomic E-state index is 12.0. The quantitative estimate of drug-likeness (QED) is 0.653. The highest BCUT2D eigenvalue weighted by molar-refractivity contribution is 5.83. The molecule has 0 aromatic heterocycles. The monoisotopic (exact) mass is 258 g/mol. The van der Waals surface area contributed by atoms with Gasteiger partial charge in [-0.1, -0.05) is 13.8 Å². The van der Waals surface area contributed by atoms with Gasteiger partial charge in [-0.15, -0.1) is 0 Å². The number of ether oxygens (including phenoxy) is 2. The molecule has 2 unspecified atom stereocenters. The SMILES string of the molecule is CC(C)CCOCCNC(=O)C1(C)COCC1N. The Kier molecular flexibility index (Phi) is 6.05. The first-order valence-corrected chi connectivity index (χ1v) is 6.66. The second-order valence-electron chi connectivity index (χ2n) is 5.59. The van der Waals surface area contributed by atoms with E-state index in [1.165, 1.54) is 0 Å². The third kappa shape index (κ3) is 4.23. The summed E-state index contributed by atoms with van der Waals surface area (Å²) in [5, 5.41) is 2.86. The van der Waals surface area contributed by atoms with Gasteiger partial charge in [0, 0.05) is 19.2 Å². The van der Waals surface area contributed by atoms with Gasteiger partial charge in [-0.05, 0) is 19.3 Å². The normalized spacial score (nSPS) is 27.7. The molecule has 0 saturated carbocycles. The van der Waals surface area contributed by atoms with Crippen LogP contribution in [-0.4, -0.2) is 44.9 Å². The van der Waals surface area contributed by atoms with Gasteiger partial charge in [-0.25, -0.2) is 0 Å². The van der Waals surface area contributed by atoms with E-state index in [-0.39, 0.29) is 11.9 Å². The molecule has 0 aliphatic carbocycles. The van der Waals surface area contributed by atoms with Gasteiger partial charge in [-0.2, -0.15) is 0 Å². The van der Waals surface area contributed by atoms with Crippen molar-refractivity contribution in [3.8, 4) is 0 Å². The van der Waals surface area contributed by atoms with E-state index in [0.717, 1.165) is 13.0 Å². The number of rotatable bonds is 7. The van der Waals surface area contributed by atoms with Crippen LogP contribution in [0.25, 0.3) is 0 Å². The van der Waals surface area contributed by atoms with E-state index in [9.17, 15) is 4.79 Å². The Balaban J connectivity index is 2.14. The number of carbonyl (C=O) groups excluding carboxylic acids is 1. The second kappa shape index (κ2) is 7.07. The van der Waals surface area contributed by atoms with Gasteiger partial charge in [0.05, 0.1) is 25.2 Å². The zero-order chi connectivity index (χ0) is 13.6. The maximum Gasteiger partial charge on any atom is 0.230 e. The first-order valence-electron chi connectivity index (χ1n) is 6.66. The summed E-state index contributed by atoms with van der Waals surface area (Å²) in [5.41, 5.74) is 5.28.